The van der Waals surface area contributed by atoms with Crippen LogP contribution in [0.5, 0.6) is 11.5 Å². The fourth-order valence-electron chi connectivity index (χ4n) is 3.46. The standard InChI is InChI=1S/C26H28FN3O4/c1-18(26(32)29-16-22-6-4-5-13-28-22)30(17-19-7-10-21(27)11-8-19)25(31)15-20-9-12-23(33-2)24(14-20)34-3/h4-14,18H,15-17H2,1-3H3,(H,29,32)/t18-/m0/s1. The van der Waals surface area contributed by atoms with E-state index in [9.17, 15) is 14.0 Å². The van der Waals surface area contributed by atoms with Crippen LogP contribution in [-0.4, -0.2) is 42.0 Å². The molecule has 7 nitrogen and oxygen atoms in total. The van der Waals surface area contributed by atoms with E-state index in [2.05, 4.69) is 10.3 Å². The van der Waals surface area contributed by atoms with Crippen LogP contribution in [0, 0.1) is 5.82 Å². The first-order valence-electron chi connectivity index (χ1n) is 10.8. The van der Waals surface area contributed by atoms with E-state index in [1.165, 1.54) is 24.1 Å². The Balaban J connectivity index is 1.78. The minimum Gasteiger partial charge on any atom is -0.493 e. The van der Waals surface area contributed by atoms with E-state index in [0.717, 1.165) is 0 Å². The van der Waals surface area contributed by atoms with Crippen molar-refractivity contribution in [3.8, 4) is 11.5 Å². The van der Waals surface area contributed by atoms with Crippen molar-refractivity contribution in [3.63, 3.8) is 0 Å². The van der Waals surface area contributed by atoms with Crippen LogP contribution < -0.4 is 14.8 Å². The fourth-order valence-corrected chi connectivity index (χ4v) is 3.46. The molecule has 2 aromatic carbocycles. The van der Waals surface area contributed by atoms with Crippen LogP contribution in [0.2, 0.25) is 0 Å². The summed E-state index contributed by atoms with van der Waals surface area (Å²) >= 11 is 0. The van der Waals surface area contributed by atoms with Gasteiger partial charge in [-0.3, -0.25) is 14.6 Å². The number of carbonyl (C=O) groups excluding carboxylic acids is 2. The maximum Gasteiger partial charge on any atom is 0.242 e. The number of ether oxygens (including phenoxy) is 2. The molecule has 34 heavy (non-hydrogen) atoms. The first-order chi connectivity index (χ1) is 16.4. The highest BCUT2D eigenvalue weighted by atomic mass is 19.1. The van der Waals surface area contributed by atoms with Crippen LogP contribution in [0.4, 0.5) is 4.39 Å². The lowest BCUT2D eigenvalue weighted by atomic mass is 10.1. The summed E-state index contributed by atoms with van der Waals surface area (Å²) in [7, 11) is 3.07. The van der Waals surface area contributed by atoms with Gasteiger partial charge in [0.2, 0.25) is 11.8 Å². The number of benzene rings is 2. The summed E-state index contributed by atoms with van der Waals surface area (Å²) in [6.07, 6.45) is 1.71. The molecule has 8 heteroatoms. The molecule has 0 aliphatic rings. The van der Waals surface area contributed by atoms with Gasteiger partial charge in [0.15, 0.2) is 11.5 Å². The number of carbonyl (C=O) groups is 2. The Labute approximate surface area is 198 Å². The van der Waals surface area contributed by atoms with Gasteiger partial charge >= 0.3 is 0 Å². The largest absolute Gasteiger partial charge is 0.493 e. The number of nitrogens with one attached hydrogen (secondary N) is 1. The molecule has 1 atom stereocenters. The molecule has 0 bridgehead atoms. The van der Waals surface area contributed by atoms with Gasteiger partial charge in [0.1, 0.15) is 11.9 Å². The smallest absolute Gasteiger partial charge is 0.242 e. The van der Waals surface area contributed by atoms with Gasteiger partial charge in [-0.05, 0) is 54.4 Å². The predicted molar refractivity (Wildman–Crippen MR) is 126 cm³/mol. The summed E-state index contributed by atoms with van der Waals surface area (Å²) < 4.78 is 24.0. The first kappa shape index (κ1) is 24.7. The average molecular weight is 466 g/mol. The van der Waals surface area contributed by atoms with Gasteiger partial charge in [0.25, 0.3) is 0 Å². The maximum absolute atomic E-state index is 13.4. The molecule has 0 fully saturated rings. The van der Waals surface area contributed by atoms with Crippen molar-refractivity contribution in [3.05, 3.63) is 89.5 Å². The molecule has 0 spiro atoms. The zero-order valence-corrected chi connectivity index (χ0v) is 19.5. The number of amides is 2. The second-order valence-electron chi connectivity index (χ2n) is 7.73. The molecule has 0 aliphatic carbocycles. The van der Waals surface area contributed by atoms with Gasteiger partial charge in [0, 0.05) is 12.7 Å². The molecule has 0 saturated carbocycles. The normalized spacial score (nSPS) is 11.4. The summed E-state index contributed by atoms with van der Waals surface area (Å²) in [4.78, 5) is 31.9. The van der Waals surface area contributed by atoms with Gasteiger partial charge < -0.3 is 19.7 Å². The van der Waals surface area contributed by atoms with Gasteiger partial charge in [-0.2, -0.15) is 0 Å². The Morgan fingerprint density at radius 2 is 1.71 bits per heavy atom. The van der Waals surface area contributed by atoms with Crippen LogP contribution in [0.3, 0.4) is 0 Å². The molecule has 1 N–H and O–H groups in total. The maximum atomic E-state index is 13.4. The number of hydrogen-bond donors (Lipinski definition) is 1. The summed E-state index contributed by atoms with van der Waals surface area (Å²) in [5.41, 5.74) is 2.14. The van der Waals surface area contributed by atoms with E-state index in [1.807, 2.05) is 12.1 Å². The Morgan fingerprint density at radius 1 is 1.00 bits per heavy atom. The van der Waals surface area contributed by atoms with Crippen molar-refractivity contribution in [2.24, 2.45) is 0 Å². The van der Waals surface area contributed by atoms with Crippen LogP contribution in [0.15, 0.2) is 66.9 Å². The summed E-state index contributed by atoms with van der Waals surface area (Å²) in [6, 6.07) is 15.8. The number of aromatic nitrogens is 1. The van der Waals surface area contributed by atoms with Crippen molar-refractivity contribution < 1.29 is 23.5 Å². The zero-order chi connectivity index (χ0) is 24.5. The second-order valence-corrected chi connectivity index (χ2v) is 7.73. The number of pyridine rings is 1. The summed E-state index contributed by atoms with van der Waals surface area (Å²) in [5, 5.41) is 2.83. The molecule has 2 amide bonds. The highest BCUT2D eigenvalue weighted by Crippen LogP contribution is 2.28. The third-order valence-corrected chi connectivity index (χ3v) is 5.41. The number of methoxy groups -OCH3 is 2. The summed E-state index contributed by atoms with van der Waals surface area (Å²) in [6.45, 7) is 2.08. The lowest BCUT2D eigenvalue weighted by Gasteiger charge is -2.29. The van der Waals surface area contributed by atoms with E-state index in [1.54, 1.807) is 56.6 Å². The molecule has 178 valence electrons. The number of rotatable bonds is 10. The lowest BCUT2D eigenvalue weighted by molar-refractivity contribution is -0.140. The Morgan fingerprint density at radius 3 is 2.35 bits per heavy atom. The van der Waals surface area contributed by atoms with Crippen LogP contribution in [0.25, 0.3) is 0 Å². The number of hydrogen-bond acceptors (Lipinski definition) is 5. The topological polar surface area (TPSA) is 80.8 Å². The third-order valence-electron chi connectivity index (χ3n) is 5.41. The van der Waals surface area contributed by atoms with Gasteiger partial charge in [-0.1, -0.05) is 24.3 Å². The molecule has 3 rings (SSSR count). The number of nitrogens with zero attached hydrogens (tertiary/aromatic N) is 2. The molecule has 3 aromatic rings. The minimum atomic E-state index is -0.763. The van der Waals surface area contributed by atoms with Crippen molar-refractivity contribution in [2.75, 3.05) is 14.2 Å². The van der Waals surface area contributed by atoms with Gasteiger partial charge in [0.05, 0.1) is 32.9 Å². The fraction of sp³-hybridized carbons (Fsp3) is 0.269. The third kappa shape index (κ3) is 6.54. The lowest BCUT2D eigenvalue weighted by Crippen LogP contribution is -2.48. The quantitative estimate of drug-likeness (QED) is 0.496. The average Bonchev–Trinajstić information content (AvgIpc) is 2.86. The van der Waals surface area contributed by atoms with E-state index >= 15 is 0 Å². The van der Waals surface area contributed by atoms with Crippen molar-refractivity contribution in [1.29, 1.82) is 0 Å². The SMILES string of the molecule is COc1ccc(CC(=O)N(Cc2ccc(F)cc2)[C@@H](C)C(=O)NCc2ccccn2)cc1OC. The Kier molecular flexibility index (Phi) is 8.56. The van der Waals surface area contributed by atoms with E-state index in [4.69, 9.17) is 9.47 Å². The molecular weight excluding hydrogens is 437 g/mol. The van der Waals surface area contributed by atoms with Crippen molar-refractivity contribution >= 4 is 11.8 Å². The molecule has 0 radical (unpaired) electrons. The Bertz CT molecular complexity index is 1110. The monoisotopic (exact) mass is 465 g/mol. The first-order valence-corrected chi connectivity index (χ1v) is 10.8. The van der Waals surface area contributed by atoms with Crippen molar-refractivity contribution in [1.82, 2.24) is 15.2 Å². The molecule has 1 heterocycles. The molecule has 0 saturated heterocycles. The van der Waals surface area contributed by atoms with E-state index in [-0.39, 0.29) is 37.1 Å². The second kappa shape index (κ2) is 11.8. The van der Waals surface area contributed by atoms with Gasteiger partial charge in [-0.15, -0.1) is 0 Å². The molecular formula is C26H28FN3O4. The van der Waals surface area contributed by atoms with E-state index in [0.29, 0.717) is 28.3 Å². The Hall–Kier alpha value is -3.94. The van der Waals surface area contributed by atoms with Crippen molar-refractivity contribution in [2.45, 2.75) is 32.5 Å². The minimum absolute atomic E-state index is 0.0550. The predicted octanol–water partition coefficient (Wildman–Crippen LogP) is 3.51. The molecule has 1 aromatic heterocycles. The highest BCUT2D eigenvalue weighted by molar-refractivity contribution is 5.88. The van der Waals surface area contributed by atoms with Gasteiger partial charge in [-0.25, -0.2) is 4.39 Å². The summed E-state index contributed by atoms with van der Waals surface area (Å²) in [5.74, 6) is 0.140. The molecule has 0 unspecified atom stereocenters. The highest BCUT2D eigenvalue weighted by Gasteiger charge is 2.26. The van der Waals surface area contributed by atoms with Crippen LogP contribution in [0.1, 0.15) is 23.7 Å². The molecule has 0 aliphatic heterocycles. The number of halogens is 1. The van der Waals surface area contributed by atoms with Crippen LogP contribution in [-0.2, 0) is 29.1 Å². The van der Waals surface area contributed by atoms with E-state index < -0.39 is 6.04 Å². The zero-order valence-electron chi connectivity index (χ0n) is 19.5. The van der Waals surface area contributed by atoms with Crippen LogP contribution >= 0.6 is 0 Å².